The Morgan fingerprint density at radius 3 is 2.69 bits per heavy atom. The summed E-state index contributed by atoms with van der Waals surface area (Å²) in [7, 11) is 0. The summed E-state index contributed by atoms with van der Waals surface area (Å²) in [6, 6.07) is 0. The number of amides is 2. The van der Waals surface area contributed by atoms with E-state index >= 15 is 0 Å². The van der Waals surface area contributed by atoms with Gasteiger partial charge in [-0.25, -0.2) is 0 Å². The third kappa shape index (κ3) is 2.95. The topological polar surface area (TPSA) is 69.6 Å². The molecule has 1 rings (SSSR count). The van der Waals surface area contributed by atoms with Gasteiger partial charge >= 0.3 is 0 Å². The summed E-state index contributed by atoms with van der Waals surface area (Å²) < 4.78 is 0. The predicted octanol–water partition coefficient (Wildman–Crippen LogP) is -0.258. The van der Waals surface area contributed by atoms with Gasteiger partial charge in [0.05, 0.1) is 18.1 Å². The van der Waals surface area contributed by atoms with E-state index in [4.69, 9.17) is 5.11 Å². The number of hydrogen-bond donors (Lipinski definition) is 2. The van der Waals surface area contributed by atoms with E-state index in [9.17, 15) is 9.59 Å². The molecule has 5 heteroatoms. The molecule has 0 spiro atoms. The van der Waals surface area contributed by atoms with Crippen LogP contribution in [0.3, 0.4) is 0 Å². The fourth-order valence-corrected chi connectivity index (χ4v) is 1.73. The van der Waals surface area contributed by atoms with Gasteiger partial charge in [0, 0.05) is 19.5 Å². The summed E-state index contributed by atoms with van der Waals surface area (Å²) in [5.41, 5.74) is -0.625. The monoisotopic (exact) mass is 228 g/mol. The van der Waals surface area contributed by atoms with Gasteiger partial charge in [-0.3, -0.25) is 9.59 Å². The van der Waals surface area contributed by atoms with Crippen LogP contribution in [-0.4, -0.2) is 47.1 Å². The highest BCUT2D eigenvalue weighted by atomic mass is 16.3. The van der Waals surface area contributed by atoms with Gasteiger partial charge in [-0.1, -0.05) is 0 Å². The van der Waals surface area contributed by atoms with Crippen LogP contribution in [-0.2, 0) is 9.59 Å². The number of nitrogens with zero attached hydrogens (tertiary/aromatic N) is 1. The van der Waals surface area contributed by atoms with E-state index < -0.39 is 5.54 Å². The lowest BCUT2D eigenvalue weighted by Gasteiger charge is -2.25. The van der Waals surface area contributed by atoms with Crippen LogP contribution in [0.25, 0.3) is 0 Å². The molecule has 0 bridgehead atoms. The first kappa shape index (κ1) is 13.0. The van der Waals surface area contributed by atoms with Crippen molar-refractivity contribution in [2.45, 2.75) is 32.7 Å². The molecule has 0 aromatic heterocycles. The molecule has 2 amide bonds. The quantitative estimate of drug-likeness (QED) is 0.696. The zero-order valence-electron chi connectivity index (χ0n) is 10.1. The van der Waals surface area contributed by atoms with Gasteiger partial charge in [0.15, 0.2) is 0 Å². The van der Waals surface area contributed by atoms with Crippen LogP contribution in [0.4, 0.5) is 0 Å². The minimum atomic E-state index is -0.625. The summed E-state index contributed by atoms with van der Waals surface area (Å²) in [6.07, 6.45) is 0.279. The fraction of sp³-hybridized carbons (Fsp3) is 0.818. The van der Waals surface area contributed by atoms with Gasteiger partial charge in [-0.05, 0) is 20.8 Å². The normalized spacial score (nSPS) is 21.4. The van der Waals surface area contributed by atoms with Crippen LogP contribution in [0.2, 0.25) is 0 Å². The van der Waals surface area contributed by atoms with E-state index in [2.05, 4.69) is 5.32 Å². The van der Waals surface area contributed by atoms with Crippen molar-refractivity contribution in [2.24, 2.45) is 5.92 Å². The summed E-state index contributed by atoms with van der Waals surface area (Å²) in [4.78, 5) is 25.0. The fourth-order valence-electron chi connectivity index (χ4n) is 1.73. The van der Waals surface area contributed by atoms with Crippen molar-refractivity contribution in [1.29, 1.82) is 0 Å². The van der Waals surface area contributed by atoms with Crippen LogP contribution in [0, 0.1) is 5.92 Å². The van der Waals surface area contributed by atoms with E-state index in [-0.39, 0.29) is 30.8 Å². The zero-order chi connectivity index (χ0) is 12.3. The molecular weight excluding hydrogens is 208 g/mol. The standard InChI is InChI=1S/C11H20N2O3/c1-4-13-6-8(5-9(13)15)10(16)12-11(2,3)7-14/h8,14H,4-7H2,1-3H3,(H,12,16). The van der Waals surface area contributed by atoms with E-state index in [0.29, 0.717) is 13.1 Å². The van der Waals surface area contributed by atoms with Gasteiger partial charge in [0.1, 0.15) is 0 Å². The van der Waals surface area contributed by atoms with Crippen molar-refractivity contribution in [1.82, 2.24) is 10.2 Å². The number of nitrogens with one attached hydrogen (secondary N) is 1. The zero-order valence-corrected chi connectivity index (χ0v) is 10.1. The number of likely N-dealkylation sites (tertiary alicyclic amines) is 1. The van der Waals surface area contributed by atoms with Crippen LogP contribution in [0.15, 0.2) is 0 Å². The molecule has 1 atom stereocenters. The molecule has 1 fully saturated rings. The molecule has 5 nitrogen and oxygen atoms in total. The number of carbonyl (C=O) groups is 2. The lowest BCUT2D eigenvalue weighted by atomic mass is 10.0. The summed E-state index contributed by atoms with van der Waals surface area (Å²) in [5.74, 6) is -0.397. The Bertz CT molecular complexity index is 289. The number of carbonyl (C=O) groups excluding carboxylic acids is 2. The molecule has 0 aliphatic carbocycles. The maximum Gasteiger partial charge on any atom is 0.225 e. The Morgan fingerprint density at radius 2 is 2.25 bits per heavy atom. The molecule has 1 aliphatic rings. The molecule has 1 saturated heterocycles. The number of aliphatic hydroxyl groups excluding tert-OH is 1. The first-order chi connectivity index (χ1) is 7.39. The molecule has 1 aliphatic heterocycles. The third-order valence-electron chi connectivity index (χ3n) is 2.82. The van der Waals surface area contributed by atoms with Gasteiger partial charge < -0.3 is 15.3 Å². The predicted molar refractivity (Wildman–Crippen MR) is 59.7 cm³/mol. The molecule has 2 N–H and O–H groups in total. The van der Waals surface area contributed by atoms with Crippen molar-refractivity contribution in [3.63, 3.8) is 0 Å². The molecule has 0 aromatic carbocycles. The van der Waals surface area contributed by atoms with Crippen LogP contribution >= 0.6 is 0 Å². The molecule has 0 radical (unpaired) electrons. The summed E-state index contributed by atoms with van der Waals surface area (Å²) in [6.45, 7) is 6.42. The second-order valence-electron chi connectivity index (χ2n) is 4.86. The molecule has 0 saturated carbocycles. The molecule has 92 valence electrons. The van der Waals surface area contributed by atoms with Crippen LogP contribution in [0.5, 0.6) is 0 Å². The average molecular weight is 228 g/mol. The van der Waals surface area contributed by atoms with Crippen LogP contribution < -0.4 is 5.32 Å². The number of hydrogen-bond acceptors (Lipinski definition) is 3. The highest BCUT2D eigenvalue weighted by Gasteiger charge is 2.35. The minimum absolute atomic E-state index is 0.0319. The highest BCUT2D eigenvalue weighted by molar-refractivity contribution is 5.89. The summed E-state index contributed by atoms with van der Waals surface area (Å²) in [5, 5.41) is 11.8. The second kappa shape index (κ2) is 4.82. The smallest absolute Gasteiger partial charge is 0.225 e. The molecule has 1 unspecified atom stereocenters. The van der Waals surface area contributed by atoms with Gasteiger partial charge in [-0.2, -0.15) is 0 Å². The molecular formula is C11H20N2O3. The van der Waals surface area contributed by atoms with Gasteiger partial charge in [-0.15, -0.1) is 0 Å². The van der Waals surface area contributed by atoms with Crippen molar-refractivity contribution in [3.05, 3.63) is 0 Å². The molecule has 1 heterocycles. The maximum atomic E-state index is 11.8. The number of rotatable bonds is 4. The van der Waals surface area contributed by atoms with Crippen molar-refractivity contribution in [3.8, 4) is 0 Å². The largest absolute Gasteiger partial charge is 0.394 e. The summed E-state index contributed by atoms with van der Waals surface area (Å²) >= 11 is 0. The van der Waals surface area contributed by atoms with Gasteiger partial charge in [0.25, 0.3) is 0 Å². The van der Waals surface area contributed by atoms with Crippen LogP contribution in [0.1, 0.15) is 27.2 Å². The molecule has 16 heavy (non-hydrogen) atoms. The Balaban J connectivity index is 2.54. The number of aliphatic hydroxyl groups is 1. The third-order valence-corrected chi connectivity index (χ3v) is 2.82. The average Bonchev–Trinajstić information content (AvgIpc) is 2.59. The van der Waals surface area contributed by atoms with Gasteiger partial charge in [0.2, 0.25) is 11.8 Å². The van der Waals surface area contributed by atoms with E-state index in [1.54, 1.807) is 18.7 Å². The Labute approximate surface area is 95.8 Å². The molecule has 0 aromatic rings. The maximum absolute atomic E-state index is 11.8. The Morgan fingerprint density at radius 1 is 1.62 bits per heavy atom. The SMILES string of the molecule is CCN1CC(C(=O)NC(C)(C)CO)CC1=O. The van der Waals surface area contributed by atoms with Crippen molar-refractivity contribution < 1.29 is 14.7 Å². The highest BCUT2D eigenvalue weighted by Crippen LogP contribution is 2.18. The van der Waals surface area contributed by atoms with Crippen molar-refractivity contribution in [2.75, 3.05) is 19.7 Å². The van der Waals surface area contributed by atoms with E-state index in [0.717, 1.165) is 0 Å². The first-order valence-corrected chi connectivity index (χ1v) is 5.60. The Hall–Kier alpha value is -1.10. The minimum Gasteiger partial charge on any atom is -0.394 e. The second-order valence-corrected chi connectivity index (χ2v) is 4.86. The lowest BCUT2D eigenvalue weighted by molar-refractivity contribution is -0.129. The van der Waals surface area contributed by atoms with Crippen molar-refractivity contribution >= 4 is 11.8 Å². The first-order valence-electron chi connectivity index (χ1n) is 5.60. The van der Waals surface area contributed by atoms with E-state index in [1.807, 2.05) is 6.92 Å². The van der Waals surface area contributed by atoms with E-state index in [1.165, 1.54) is 0 Å². The lowest BCUT2D eigenvalue weighted by Crippen LogP contribution is -2.49. The Kier molecular flexibility index (Phi) is 3.91.